The lowest BCUT2D eigenvalue weighted by Gasteiger charge is -2.60. The fraction of sp³-hybridized carbons (Fsp3) is 0.963. The zero-order chi connectivity index (χ0) is 20.1. The molecule has 0 saturated heterocycles. The molecule has 0 heterocycles. The van der Waals surface area contributed by atoms with Crippen molar-refractivity contribution in [3.63, 3.8) is 0 Å². The third kappa shape index (κ3) is 3.31. The molecule has 1 heteroatoms. The smallest absolute Gasteiger partial charge is 0.136 e. The monoisotopic (exact) mass is 386 g/mol. The van der Waals surface area contributed by atoms with Gasteiger partial charge in [-0.25, -0.2) is 0 Å². The van der Waals surface area contributed by atoms with E-state index in [1.165, 1.54) is 70.6 Å². The number of carbonyl (C=O) groups is 1. The summed E-state index contributed by atoms with van der Waals surface area (Å²) < 4.78 is 0. The topological polar surface area (TPSA) is 17.1 Å². The third-order valence-electron chi connectivity index (χ3n) is 10.6. The number of hydrogen-bond acceptors (Lipinski definition) is 1. The molecule has 0 aromatic rings. The van der Waals surface area contributed by atoms with E-state index in [0.29, 0.717) is 28.4 Å². The summed E-state index contributed by atoms with van der Waals surface area (Å²) in [6, 6.07) is 0. The maximum Gasteiger partial charge on any atom is 0.136 e. The van der Waals surface area contributed by atoms with Crippen LogP contribution in [0.4, 0.5) is 0 Å². The van der Waals surface area contributed by atoms with Crippen LogP contribution in [0.3, 0.4) is 0 Å². The van der Waals surface area contributed by atoms with Crippen molar-refractivity contribution in [2.24, 2.45) is 52.3 Å². The highest BCUT2D eigenvalue weighted by atomic mass is 16.1. The fourth-order valence-corrected chi connectivity index (χ4v) is 9.12. The van der Waals surface area contributed by atoms with E-state index in [9.17, 15) is 4.79 Å². The lowest BCUT2D eigenvalue weighted by molar-refractivity contribution is -0.154. The van der Waals surface area contributed by atoms with E-state index in [1.54, 1.807) is 0 Å². The Morgan fingerprint density at radius 1 is 0.893 bits per heavy atom. The second-order valence-electron chi connectivity index (χ2n) is 12.4. The first-order valence-corrected chi connectivity index (χ1v) is 12.8. The molecule has 0 aromatic carbocycles. The van der Waals surface area contributed by atoms with E-state index in [4.69, 9.17) is 0 Å². The molecule has 8 atom stereocenters. The summed E-state index contributed by atoms with van der Waals surface area (Å²) in [5.74, 6) is 6.03. The first kappa shape index (κ1) is 20.9. The largest absolute Gasteiger partial charge is 0.299 e. The molecule has 1 nitrogen and oxygen atoms in total. The molecule has 4 aliphatic rings. The SMILES string of the molecule is CC(C)CCC[C@H](C)[C@@H]1CC[C@H]2[C@H]3CC(=O)[C@@H]4CCCC[C@@]4(C)[C@H]3CC[C@@]21C. The zero-order valence-corrected chi connectivity index (χ0v) is 19.4. The highest BCUT2D eigenvalue weighted by Gasteiger charge is 2.61. The zero-order valence-electron chi connectivity index (χ0n) is 19.4. The fourth-order valence-electron chi connectivity index (χ4n) is 9.12. The van der Waals surface area contributed by atoms with Gasteiger partial charge < -0.3 is 0 Å². The van der Waals surface area contributed by atoms with Gasteiger partial charge in [0.25, 0.3) is 0 Å². The lowest BCUT2D eigenvalue weighted by Crippen LogP contribution is -2.56. The van der Waals surface area contributed by atoms with E-state index < -0.39 is 0 Å². The molecule has 0 aromatic heterocycles. The van der Waals surface area contributed by atoms with Gasteiger partial charge in [-0.05, 0) is 84.9 Å². The summed E-state index contributed by atoms with van der Waals surface area (Å²) in [6.07, 6.45) is 16.0. The average molecular weight is 387 g/mol. The predicted molar refractivity (Wildman–Crippen MR) is 118 cm³/mol. The summed E-state index contributed by atoms with van der Waals surface area (Å²) in [6.45, 7) is 12.4. The molecule has 0 aliphatic heterocycles. The molecule has 0 radical (unpaired) electrons. The van der Waals surface area contributed by atoms with Gasteiger partial charge in [0, 0.05) is 12.3 Å². The maximum atomic E-state index is 13.2. The standard InChI is InChI=1S/C27H46O/c1-18(2)9-8-10-19(3)21-12-13-22-20-17-25(28)24-11-6-7-15-26(24,4)23(20)14-16-27(21,22)5/h18-24H,6-17H2,1-5H3/t19-,20+,21-,22-,23-,24-,26-,27+/m0/s1. The Balaban J connectivity index is 1.50. The van der Waals surface area contributed by atoms with E-state index in [2.05, 4.69) is 34.6 Å². The van der Waals surface area contributed by atoms with Crippen LogP contribution in [0.15, 0.2) is 0 Å². The second-order valence-corrected chi connectivity index (χ2v) is 12.4. The van der Waals surface area contributed by atoms with Crippen molar-refractivity contribution < 1.29 is 4.79 Å². The van der Waals surface area contributed by atoms with Crippen molar-refractivity contribution in [1.29, 1.82) is 0 Å². The van der Waals surface area contributed by atoms with Crippen molar-refractivity contribution in [1.82, 2.24) is 0 Å². The molecule has 0 bridgehead atoms. The van der Waals surface area contributed by atoms with E-state index >= 15 is 0 Å². The van der Waals surface area contributed by atoms with Crippen LogP contribution in [-0.4, -0.2) is 5.78 Å². The minimum atomic E-state index is 0.334. The molecular weight excluding hydrogens is 340 g/mol. The molecule has 160 valence electrons. The molecule has 28 heavy (non-hydrogen) atoms. The van der Waals surface area contributed by atoms with Gasteiger partial charge in [0.1, 0.15) is 5.78 Å². The van der Waals surface area contributed by atoms with Gasteiger partial charge in [-0.2, -0.15) is 0 Å². The highest BCUT2D eigenvalue weighted by molar-refractivity contribution is 5.83. The van der Waals surface area contributed by atoms with Crippen LogP contribution in [-0.2, 0) is 4.79 Å². The van der Waals surface area contributed by atoms with Crippen LogP contribution in [0.25, 0.3) is 0 Å². The van der Waals surface area contributed by atoms with Crippen molar-refractivity contribution in [2.45, 2.75) is 112 Å². The van der Waals surface area contributed by atoms with Gasteiger partial charge in [0.05, 0.1) is 0 Å². The number of rotatable bonds is 5. The molecule has 4 saturated carbocycles. The minimum Gasteiger partial charge on any atom is -0.299 e. The lowest BCUT2D eigenvalue weighted by atomic mass is 9.44. The third-order valence-corrected chi connectivity index (χ3v) is 10.6. The molecule has 0 amide bonds. The Morgan fingerprint density at radius 3 is 2.39 bits per heavy atom. The number of carbonyl (C=O) groups excluding carboxylic acids is 1. The van der Waals surface area contributed by atoms with Gasteiger partial charge in [-0.15, -0.1) is 0 Å². The Labute approximate surface area is 174 Å². The Kier molecular flexibility index (Phi) is 5.78. The minimum absolute atomic E-state index is 0.334. The molecule has 0 spiro atoms. The summed E-state index contributed by atoms with van der Waals surface area (Å²) in [4.78, 5) is 13.2. The van der Waals surface area contributed by atoms with Crippen LogP contribution >= 0.6 is 0 Å². The number of hydrogen-bond donors (Lipinski definition) is 0. The summed E-state index contributed by atoms with van der Waals surface area (Å²) in [5.41, 5.74) is 0.844. The molecular formula is C27H46O. The van der Waals surface area contributed by atoms with Gasteiger partial charge in [-0.3, -0.25) is 4.79 Å². The first-order valence-electron chi connectivity index (χ1n) is 12.8. The van der Waals surface area contributed by atoms with Gasteiger partial charge in [0.15, 0.2) is 0 Å². The molecule has 0 N–H and O–H groups in total. The number of Topliss-reactive ketones (excluding diaryl/α,β-unsaturated/α-hetero) is 1. The van der Waals surface area contributed by atoms with Gasteiger partial charge in [-0.1, -0.05) is 66.7 Å². The second kappa shape index (κ2) is 7.73. The van der Waals surface area contributed by atoms with Crippen molar-refractivity contribution in [3.8, 4) is 0 Å². The molecule has 4 rings (SSSR count). The molecule has 4 fully saturated rings. The normalized spacial score (nSPS) is 46.8. The van der Waals surface area contributed by atoms with Crippen molar-refractivity contribution in [2.75, 3.05) is 0 Å². The van der Waals surface area contributed by atoms with Gasteiger partial charge in [0.2, 0.25) is 0 Å². The summed E-state index contributed by atoms with van der Waals surface area (Å²) in [5, 5.41) is 0. The van der Waals surface area contributed by atoms with Crippen LogP contribution < -0.4 is 0 Å². The summed E-state index contributed by atoms with van der Waals surface area (Å²) >= 11 is 0. The predicted octanol–water partition coefficient (Wildman–Crippen LogP) is 7.68. The number of ketones is 1. The Morgan fingerprint density at radius 2 is 1.64 bits per heavy atom. The van der Waals surface area contributed by atoms with Crippen molar-refractivity contribution >= 4 is 5.78 Å². The highest BCUT2D eigenvalue weighted by Crippen LogP contribution is 2.67. The Bertz CT molecular complexity index is 579. The van der Waals surface area contributed by atoms with Crippen LogP contribution in [0.5, 0.6) is 0 Å². The number of fused-ring (bicyclic) bond motifs is 5. The van der Waals surface area contributed by atoms with Crippen molar-refractivity contribution in [3.05, 3.63) is 0 Å². The van der Waals surface area contributed by atoms with Crippen LogP contribution in [0.1, 0.15) is 112 Å². The van der Waals surface area contributed by atoms with E-state index in [-0.39, 0.29) is 0 Å². The quantitative estimate of drug-likeness (QED) is 0.473. The molecule has 0 unspecified atom stereocenters. The maximum absolute atomic E-state index is 13.2. The van der Waals surface area contributed by atoms with Crippen LogP contribution in [0, 0.1) is 52.3 Å². The van der Waals surface area contributed by atoms with Crippen LogP contribution in [0.2, 0.25) is 0 Å². The van der Waals surface area contributed by atoms with E-state index in [1.807, 2.05) is 0 Å². The summed E-state index contributed by atoms with van der Waals surface area (Å²) in [7, 11) is 0. The Hall–Kier alpha value is -0.330. The van der Waals surface area contributed by atoms with Gasteiger partial charge >= 0.3 is 0 Å². The average Bonchev–Trinajstić information content (AvgIpc) is 2.99. The van der Waals surface area contributed by atoms with E-state index in [0.717, 1.165) is 36.0 Å². The first-order chi connectivity index (χ1) is 13.3. The molecule has 4 aliphatic carbocycles.